The van der Waals surface area contributed by atoms with Crippen LogP contribution in [-0.2, 0) is 5.41 Å². The van der Waals surface area contributed by atoms with Crippen LogP contribution in [0.25, 0.3) is 72.0 Å². The lowest BCUT2D eigenvalue weighted by molar-refractivity contribution is 0.793. The van der Waals surface area contributed by atoms with E-state index in [0.29, 0.717) is 0 Å². The maximum absolute atomic E-state index is 2.48. The predicted octanol–water partition coefficient (Wildman–Crippen LogP) is 15.9. The number of nitrogens with zero attached hydrogens (tertiary/aromatic N) is 2. The highest BCUT2D eigenvalue weighted by molar-refractivity contribution is 6.09. The normalized spacial score (nSPS) is 12.9. The predicted molar refractivity (Wildman–Crippen MR) is 263 cm³/mol. The quantitative estimate of drug-likeness (QED) is 0.163. The molecule has 0 radical (unpaired) electrons. The average Bonchev–Trinajstić information content (AvgIpc) is 3.97. The Kier molecular flexibility index (Phi) is 7.85. The number of benzene rings is 10. The van der Waals surface area contributed by atoms with Gasteiger partial charge in [0.1, 0.15) is 0 Å². The van der Waals surface area contributed by atoms with Gasteiger partial charge in [-0.1, -0.05) is 182 Å². The molecule has 294 valence electrons. The lowest BCUT2D eigenvalue weighted by atomic mass is 9.70. The molecule has 1 aromatic heterocycles. The Labute approximate surface area is 367 Å². The number of fused-ring (bicyclic) bond motifs is 13. The monoisotopic (exact) mass is 800 g/mol. The van der Waals surface area contributed by atoms with Crippen molar-refractivity contribution in [2.75, 3.05) is 4.90 Å². The molecule has 2 nitrogen and oxygen atoms in total. The van der Waals surface area contributed by atoms with Crippen molar-refractivity contribution in [1.29, 1.82) is 0 Å². The van der Waals surface area contributed by atoms with Crippen molar-refractivity contribution < 1.29 is 0 Å². The van der Waals surface area contributed by atoms with Gasteiger partial charge in [-0.3, -0.25) is 0 Å². The molecule has 13 rings (SSSR count). The second-order valence-corrected chi connectivity index (χ2v) is 16.8. The maximum Gasteiger partial charge on any atom is 0.0726 e. The molecular formula is C61H40N2. The van der Waals surface area contributed by atoms with E-state index >= 15 is 0 Å². The van der Waals surface area contributed by atoms with Gasteiger partial charge in [0.2, 0.25) is 0 Å². The molecule has 1 heterocycles. The van der Waals surface area contributed by atoms with Crippen LogP contribution >= 0.6 is 0 Å². The summed E-state index contributed by atoms with van der Waals surface area (Å²) in [6.07, 6.45) is 0. The highest BCUT2D eigenvalue weighted by Crippen LogP contribution is 2.63. The van der Waals surface area contributed by atoms with Gasteiger partial charge in [-0.15, -0.1) is 0 Å². The van der Waals surface area contributed by atoms with E-state index in [1.54, 1.807) is 0 Å². The summed E-state index contributed by atoms with van der Waals surface area (Å²) in [6, 6.07) is 89.4. The van der Waals surface area contributed by atoms with Crippen LogP contribution in [0.1, 0.15) is 22.3 Å². The Hall–Kier alpha value is -8.20. The number of rotatable bonds is 6. The zero-order valence-corrected chi connectivity index (χ0v) is 34.5. The smallest absolute Gasteiger partial charge is 0.0726 e. The molecule has 0 atom stereocenters. The zero-order chi connectivity index (χ0) is 41.5. The van der Waals surface area contributed by atoms with Crippen LogP contribution in [-0.4, -0.2) is 4.57 Å². The van der Waals surface area contributed by atoms with Crippen LogP contribution in [0, 0.1) is 0 Å². The maximum atomic E-state index is 2.48. The van der Waals surface area contributed by atoms with Crippen molar-refractivity contribution in [3.63, 3.8) is 0 Å². The van der Waals surface area contributed by atoms with Crippen LogP contribution in [0.15, 0.2) is 243 Å². The van der Waals surface area contributed by atoms with Gasteiger partial charge >= 0.3 is 0 Å². The molecule has 0 aliphatic heterocycles. The summed E-state index contributed by atoms with van der Waals surface area (Å²) < 4.78 is 2.38. The summed E-state index contributed by atoms with van der Waals surface area (Å²) in [7, 11) is 0. The van der Waals surface area contributed by atoms with Crippen molar-refractivity contribution in [3.8, 4) is 50.2 Å². The van der Waals surface area contributed by atoms with Crippen LogP contribution in [0.5, 0.6) is 0 Å². The van der Waals surface area contributed by atoms with Crippen molar-refractivity contribution in [1.82, 2.24) is 4.57 Å². The fraction of sp³-hybridized carbons (Fsp3) is 0.0164. The van der Waals surface area contributed by atoms with Crippen molar-refractivity contribution in [2.45, 2.75) is 5.41 Å². The molecule has 10 aromatic carbocycles. The molecule has 0 saturated carbocycles. The molecular weight excluding hydrogens is 761 g/mol. The number of anilines is 3. The molecule has 2 aliphatic carbocycles. The van der Waals surface area contributed by atoms with E-state index in [0.717, 1.165) is 22.7 Å². The first kappa shape index (κ1) is 35.5. The summed E-state index contributed by atoms with van der Waals surface area (Å²) in [4.78, 5) is 2.44. The third kappa shape index (κ3) is 5.25. The van der Waals surface area contributed by atoms with E-state index in [1.165, 1.54) is 88.6 Å². The zero-order valence-electron chi connectivity index (χ0n) is 34.5. The largest absolute Gasteiger partial charge is 0.310 e. The first-order chi connectivity index (χ1) is 31.3. The molecule has 0 bridgehead atoms. The van der Waals surface area contributed by atoms with Crippen LogP contribution in [0.3, 0.4) is 0 Å². The number of para-hydroxylation sites is 2. The van der Waals surface area contributed by atoms with Crippen LogP contribution in [0.4, 0.5) is 17.1 Å². The Bertz CT molecular complexity index is 3440. The van der Waals surface area contributed by atoms with Gasteiger partial charge in [-0.2, -0.15) is 0 Å². The van der Waals surface area contributed by atoms with Crippen molar-refractivity contribution >= 4 is 38.9 Å². The van der Waals surface area contributed by atoms with Gasteiger partial charge in [0.25, 0.3) is 0 Å². The van der Waals surface area contributed by atoms with Crippen LogP contribution < -0.4 is 4.90 Å². The van der Waals surface area contributed by atoms with E-state index in [4.69, 9.17) is 0 Å². The third-order valence-corrected chi connectivity index (χ3v) is 13.6. The standard InChI is InChI=1S/C61H40N2/c1-2-15-41(16-3-1)44-17-14-18-47(39-44)62(45-33-29-42(30-34-45)43-31-35-46(36-32-43)63-59-27-12-7-22-53(59)54-23-8-13-28-60(54)63)48-37-38-52-51-21-6-11-26-57(51)61(58(52)40-48)55-24-9-4-19-49(55)50-20-5-10-25-56(50)61/h1-40H. The summed E-state index contributed by atoms with van der Waals surface area (Å²) in [5.74, 6) is 0. The average molecular weight is 801 g/mol. The minimum absolute atomic E-state index is 0.429. The minimum atomic E-state index is -0.429. The Morgan fingerprint density at radius 2 is 0.730 bits per heavy atom. The van der Waals surface area contributed by atoms with E-state index in [-0.39, 0.29) is 0 Å². The number of hydrogen-bond acceptors (Lipinski definition) is 1. The van der Waals surface area contributed by atoms with E-state index in [9.17, 15) is 0 Å². The molecule has 63 heavy (non-hydrogen) atoms. The molecule has 0 unspecified atom stereocenters. The Morgan fingerprint density at radius 3 is 1.33 bits per heavy atom. The van der Waals surface area contributed by atoms with Gasteiger partial charge in [0.15, 0.2) is 0 Å². The topological polar surface area (TPSA) is 8.17 Å². The van der Waals surface area contributed by atoms with Gasteiger partial charge < -0.3 is 9.47 Å². The van der Waals surface area contributed by atoms with Crippen molar-refractivity contribution in [3.05, 3.63) is 265 Å². The molecule has 0 saturated heterocycles. The molecule has 0 amide bonds. The first-order valence-electron chi connectivity index (χ1n) is 21.8. The van der Waals surface area contributed by atoms with Gasteiger partial charge in [-0.05, 0) is 127 Å². The Morgan fingerprint density at radius 1 is 0.286 bits per heavy atom. The molecule has 2 aliphatic rings. The summed E-state index contributed by atoms with van der Waals surface area (Å²) >= 11 is 0. The third-order valence-electron chi connectivity index (χ3n) is 13.6. The summed E-state index contributed by atoms with van der Waals surface area (Å²) in [5.41, 5.74) is 21.8. The molecule has 0 fully saturated rings. The van der Waals surface area contributed by atoms with Gasteiger partial charge in [-0.25, -0.2) is 0 Å². The lowest BCUT2D eigenvalue weighted by Crippen LogP contribution is -2.26. The second kappa shape index (κ2) is 13.9. The molecule has 11 aromatic rings. The van der Waals surface area contributed by atoms with Crippen LogP contribution in [0.2, 0.25) is 0 Å². The minimum Gasteiger partial charge on any atom is -0.310 e. The SMILES string of the molecule is c1ccc(-c2cccc(N(c3ccc(-c4ccc(-n5c6ccccc6c6ccccc65)cc4)cc3)c3ccc4c(c3)C3(c5ccccc5-c5ccccc53)c3ccccc3-4)c2)cc1. The molecule has 1 spiro atoms. The number of aromatic nitrogens is 1. The second-order valence-electron chi connectivity index (χ2n) is 16.8. The van der Waals surface area contributed by atoms with E-state index < -0.39 is 5.41 Å². The van der Waals surface area contributed by atoms with E-state index in [1.807, 2.05) is 0 Å². The highest BCUT2D eigenvalue weighted by atomic mass is 15.1. The van der Waals surface area contributed by atoms with Gasteiger partial charge in [0, 0.05) is 33.5 Å². The Balaban J connectivity index is 0.949. The molecule has 2 heteroatoms. The van der Waals surface area contributed by atoms with Gasteiger partial charge in [0.05, 0.1) is 16.4 Å². The number of hydrogen-bond donors (Lipinski definition) is 0. The van der Waals surface area contributed by atoms with E-state index in [2.05, 4.69) is 252 Å². The molecule has 0 N–H and O–H groups in total. The summed E-state index contributed by atoms with van der Waals surface area (Å²) in [6.45, 7) is 0. The fourth-order valence-electron chi connectivity index (χ4n) is 10.9. The first-order valence-corrected chi connectivity index (χ1v) is 21.8. The fourth-order valence-corrected chi connectivity index (χ4v) is 10.9. The van der Waals surface area contributed by atoms with Crippen molar-refractivity contribution in [2.24, 2.45) is 0 Å². The lowest BCUT2D eigenvalue weighted by Gasteiger charge is -2.32. The highest BCUT2D eigenvalue weighted by Gasteiger charge is 2.51. The summed E-state index contributed by atoms with van der Waals surface area (Å²) in [5, 5.41) is 2.54.